The Labute approximate surface area is 249 Å². The van der Waals surface area contributed by atoms with Gasteiger partial charge in [0.1, 0.15) is 0 Å². The van der Waals surface area contributed by atoms with Crippen molar-refractivity contribution in [2.45, 2.75) is 51.6 Å². The molecule has 1 unspecified atom stereocenters. The molecule has 1 N–H and O–H groups in total. The van der Waals surface area contributed by atoms with E-state index in [0.717, 1.165) is 64.8 Å². The van der Waals surface area contributed by atoms with Crippen LogP contribution >= 0.6 is 0 Å². The number of fused-ring (bicyclic) bond motifs is 1. The number of benzene rings is 3. The number of unbranched alkanes of at least 4 members (excludes halogenated alkanes) is 2. The van der Waals surface area contributed by atoms with Crippen LogP contribution in [-0.4, -0.2) is 43.1 Å². The summed E-state index contributed by atoms with van der Waals surface area (Å²) in [6.07, 6.45) is 8.76. The topological polar surface area (TPSA) is 108 Å². The highest BCUT2D eigenvalue weighted by Gasteiger charge is 2.27. The van der Waals surface area contributed by atoms with Crippen LogP contribution in [0.5, 0.6) is 0 Å². The minimum Gasteiger partial charge on any atom is -0.465 e. The van der Waals surface area contributed by atoms with Gasteiger partial charge in [0.05, 0.1) is 25.3 Å². The van der Waals surface area contributed by atoms with Gasteiger partial charge in [-0.15, -0.1) is 10.2 Å². The first kappa shape index (κ1) is 28.1. The summed E-state index contributed by atoms with van der Waals surface area (Å²) in [6, 6.07) is 23.4. The van der Waals surface area contributed by atoms with Gasteiger partial charge in [0.15, 0.2) is 0 Å². The van der Waals surface area contributed by atoms with Crippen molar-refractivity contribution >= 4 is 5.97 Å². The maximum absolute atomic E-state index is 14.2. The number of carbonyl (C=O) groups excluding carboxylic acids is 1. The number of methoxy groups -OCH3 is 1. The number of tetrazole rings is 1. The lowest BCUT2D eigenvalue weighted by molar-refractivity contribution is 0.0600. The van der Waals surface area contributed by atoms with Crippen molar-refractivity contribution in [2.75, 3.05) is 7.11 Å². The van der Waals surface area contributed by atoms with Crippen molar-refractivity contribution in [1.82, 2.24) is 30.0 Å². The molecule has 9 nitrogen and oxygen atoms in total. The molecule has 5 aromatic rings. The molecule has 0 bridgehead atoms. The molecule has 0 radical (unpaired) electrons. The molecular formula is C34H34N6O3. The third-order valence-electron chi connectivity index (χ3n) is 8.07. The smallest absolute Gasteiger partial charge is 0.337 e. The van der Waals surface area contributed by atoms with Gasteiger partial charge in [0, 0.05) is 23.2 Å². The van der Waals surface area contributed by atoms with Gasteiger partial charge in [-0.3, -0.25) is 9.48 Å². The fraction of sp³-hybridized carbons (Fsp3) is 0.265. The predicted octanol–water partition coefficient (Wildman–Crippen LogP) is 5.77. The van der Waals surface area contributed by atoms with E-state index in [0.29, 0.717) is 24.4 Å². The normalized spacial score (nSPS) is 14.0. The number of ether oxygens (including phenoxy) is 1. The monoisotopic (exact) mass is 574 g/mol. The molecule has 0 spiro atoms. The molecule has 0 saturated heterocycles. The lowest BCUT2D eigenvalue weighted by Gasteiger charge is -2.24. The van der Waals surface area contributed by atoms with Gasteiger partial charge >= 0.3 is 5.97 Å². The van der Waals surface area contributed by atoms with E-state index in [1.165, 1.54) is 7.11 Å². The first-order valence-corrected chi connectivity index (χ1v) is 14.7. The zero-order valence-corrected chi connectivity index (χ0v) is 24.4. The highest BCUT2D eigenvalue weighted by molar-refractivity contribution is 5.89. The van der Waals surface area contributed by atoms with Crippen LogP contribution < -0.4 is 5.56 Å². The lowest BCUT2D eigenvalue weighted by atomic mass is 9.96. The van der Waals surface area contributed by atoms with Crippen LogP contribution in [0.25, 0.3) is 22.5 Å². The van der Waals surface area contributed by atoms with Gasteiger partial charge in [0.25, 0.3) is 5.56 Å². The number of allylic oxidation sites excluding steroid dienone is 2. The second-order valence-electron chi connectivity index (χ2n) is 10.8. The minimum absolute atomic E-state index is 0.0100. The Hall–Kier alpha value is -5.05. The molecule has 1 atom stereocenters. The summed E-state index contributed by atoms with van der Waals surface area (Å²) in [5.41, 5.74) is 7.28. The van der Waals surface area contributed by atoms with E-state index < -0.39 is 5.97 Å². The summed E-state index contributed by atoms with van der Waals surface area (Å²) in [7, 11) is 1.37. The fourth-order valence-corrected chi connectivity index (χ4v) is 5.93. The number of aromatic amines is 1. The van der Waals surface area contributed by atoms with Crippen LogP contribution in [0.1, 0.15) is 65.0 Å². The van der Waals surface area contributed by atoms with Crippen LogP contribution in [0.4, 0.5) is 0 Å². The molecule has 0 amide bonds. The number of nitrogens with one attached hydrogen (secondary N) is 1. The predicted molar refractivity (Wildman–Crippen MR) is 165 cm³/mol. The van der Waals surface area contributed by atoms with Crippen molar-refractivity contribution in [3.05, 3.63) is 123 Å². The third-order valence-corrected chi connectivity index (χ3v) is 8.07. The van der Waals surface area contributed by atoms with Gasteiger partial charge in [-0.1, -0.05) is 92.6 Å². The molecule has 218 valence electrons. The van der Waals surface area contributed by atoms with Crippen molar-refractivity contribution in [2.24, 2.45) is 0 Å². The Morgan fingerprint density at radius 2 is 1.84 bits per heavy atom. The van der Waals surface area contributed by atoms with E-state index in [9.17, 15) is 9.59 Å². The van der Waals surface area contributed by atoms with Crippen LogP contribution in [-0.2, 0) is 24.1 Å². The maximum atomic E-state index is 14.2. The van der Waals surface area contributed by atoms with E-state index in [4.69, 9.17) is 4.74 Å². The zero-order valence-electron chi connectivity index (χ0n) is 24.4. The van der Waals surface area contributed by atoms with Gasteiger partial charge in [-0.25, -0.2) is 9.48 Å². The summed E-state index contributed by atoms with van der Waals surface area (Å²) < 4.78 is 8.94. The number of H-pyrrole nitrogens is 1. The second-order valence-corrected chi connectivity index (χ2v) is 10.8. The van der Waals surface area contributed by atoms with Gasteiger partial charge in [-0.05, 0) is 52.4 Å². The Morgan fingerprint density at radius 1 is 1.02 bits per heavy atom. The van der Waals surface area contributed by atoms with E-state index in [2.05, 4.69) is 62.6 Å². The standard InChI is InChI=1S/C34H34N6O3/c1-3-4-5-14-31-29(21-23-16-18-24(19-17-23)27-12-6-7-13-28(27)32-35-37-38-36-32)33(41)40-30(15-9-20-39(31)40)25-10-8-11-26(22-25)34(42)43-2/h6-13,15-19,22,30H,3-5,14,20-21H2,1-2H3,(H,35,36,37,38). The van der Waals surface area contributed by atoms with Crippen LogP contribution in [0.2, 0.25) is 0 Å². The van der Waals surface area contributed by atoms with Crippen molar-refractivity contribution in [3.8, 4) is 22.5 Å². The van der Waals surface area contributed by atoms with E-state index in [1.807, 2.05) is 53.2 Å². The highest BCUT2D eigenvalue weighted by atomic mass is 16.5. The highest BCUT2D eigenvalue weighted by Crippen LogP contribution is 2.31. The van der Waals surface area contributed by atoms with Gasteiger partial charge < -0.3 is 4.74 Å². The van der Waals surface area contributed by atoms with Crippen LogP contribution in [0.15, 0.2) is 89.7 Å². The molecular weight excluding hydrogens is 540 g/mol. The Kier molecular flexibility index (Phi) is 8.13. The van der Waals surface area contributed by atoms with E-state index >= 15 is 0 Å². The lowest BCUT2D eigenvalue weighted by Crippen LogP contribution is -2.31. The fourth-order valence-electron chi connectivity index (χ4n) is 5.93. The van der Waals surface area contributed by atoms with Crippen LogP contribution in [0.3, 0.4) is 0 Å². The summed E-state index contributed by atoms with van der Waals surface area (Å²) in [5, 5.41) is 14.6. The molecule has 43 heavy (non-hydrogen) atoms. The molecule has 3 aromatic carbocycles. The zero-order chi connectivity index (χ0) is 29.8. The molecule has 0 aliphatic carbocycles. The first-order chi connectivity index (χ1) is 21.1. The van der Waals surface area contributed by atoms with Crippen molar-refractivity contribution in [3.63, 3.8) is 0 Å². The number of hydrogen-bond acceptors (Lipinski definition) is 6. The molecule has 2 aromatic heterocycles. The summed E-state index contributed by atoms with van der Waals surface area (Å²) in [6.45, 7) is 2.82. The molecule has 3 heterocycles. The number of rotatable bonds is 10. The van der Waals surface area contributed by atoms with Gasteiger partial charge in [0.2, 0.25) is 5.82 Å². The Bertz CT molecular complexity index is 1820. The largest absolute Gasteiger partial charge is 0.465 e. The SMILES string of the molecule is CCCCCc1c(Cc2ccc(-c3ccccc3-c3nn[nH]n3)cc2)c(=O)n2n1CC=CC2c1cccc(C(=O)OC)c1. The molecule has 0 saturated carbocycles. The number of aromatic nitrogens is 6. The average Bonchev–Trinajstić information content (AvgIpc) is 3.69. The number of nitrogens with zero attached hydrogens (tertiary/aromatic N) is 5. The maximum Gasteiger partial charge on any atom is 0.337 e. The van der Waals surface area contributed by atoms with Crippen LogP contribution in [0, 0.1) is 0 Å². The first-order valence-electron chi connectivity index (χ1n) is 14.7. The molecule has 6 rings (SSSR count). The number of hydrogen-bond donors (Lipinski definition) is 1. The quantitative estimate of drug-likeness (QED) is 0.129. The summed E-state index contributed by atoms with van der Waals surface area (Å²) in [5.74, 6) is 0.151. The minimum atomic E-state index is -0.395. The van der Waals surface area contributed by atoms with Gasteiger partial charge in [-0.2, -0.15) is 5.21 Å². The van der Waals surface area contributed by atoms with Crippen molar-refractivity contribution in [1.29, 1.82) is 0 Å². The Balaban J connectivity index is 1.36. The Morgan fingerprint density at radius 3 is 2.58 bits per heavy atom. The molecule has 9 heteroatoms. The molecule has 1 aliphatic rings. The summed E-state index contributed by atoms with van der Waals surface area (Å²) in [4.78, 5) is 26.4. The van der Waals surface area contributed by atoms with Crippen molar-refractivity contribution < 1.29 is 9.53 Å². The number of esters is 1. The summed E-state index contributed by atoms with van der Waals surface area (Å²) >= 11 is 0. The average molecular weight is 575 g/mol. The molecule has 0 fully saturated rings. The molecule has 1 aliphatic heterocycles. The van der Waals surface area contributed by atoms with E-state index in [1.54, 1.807) is 6.07 Å². The third kappa shape index (κ3) is 5.58. The second kappa shape index (κ2) is 12.4. The number of carbonyl (C=O) groups is 1. The van der Waals surface area contributed by atoms with E-state index in [-0.39, 0.29) is 11.6 Å².